The highest BCUT2D eigenvalue weighted by Crippen LogP contribution is 2.20. The molecule has 0 aliphatic rings. The van der Waals surface area contributed by atoms with Crippen molar-refractivity contribution in [2.75, 3.05) is 5.01 Å². The van der Waals surface area contributed by atoms with Crippen LogP contribution >= 0.6 is 0 Å². The van der Waals surface area contributed by atoms with Crippen LogP contribution in [0.15, 0.2) is 90.0 Å². The van der Waals surface area contributed by atoms with Crippen LogP contribution in [0, 0.1) is 0 Å². The zero-order valence-corrected chi connectivity index (χ0v) is 14.3. The van der Waals surface area contributed by atoms with Gasteiger partial charge in [-0.3, -0.25) is 5.01 Å². The quantitative estimate of drug-likeness (QED) is 0.497. The number of hydrogen-bond acceptors (Lipinski definition) is 3. The molecule has 0 aromatic heterocycles. The second kappa shape index (κ2) is 8.15. The van der Waals surface area contributed by atoms with E-state index in [1.54, 1.807) is 12.1 Å². The van der Waals surface area contributed by atoms with Crippen molar-refractivity contribution in [2.45, 2.75) is 19.9 Å². The predicted octanol–water partition coefficient (Wildman–Crippen LogP) is 5.21. The fourth-order valence-electron chi connectivity index (χ4n) is 2.67. The summed E-state index contributed by atoms with van der Waals surface area (Å²) < 4.78 is 0. The van der Waals surface area contributed by atoms with Crippen LogP contribution in [0.4, 0.5) is 5.69 Å². The maximum absolute atomic E-state index is 9.52. The number of benzene rings is 3. The summed E-state index contributed by atoms with van der Waals surface area (Å²) in [6.07, 6.45) is 0.808. The van der Waals surface area contributed by atoms with Crippen LogP contribution in [-0.2, 0) is 6.54 Å². The monoisotopic (exact) mass is 330 g/mol. The Bertz CT molecular complexity index is 812. The van der Waals surface area contributed by atoms with E-state index in [-0.39, 0.29) is 5.75 Å². The molecule has 0 saturated heterocycles. The van der Waals surface area contributed by atoms with E-state index in [4.69, 9.17) is 5.10 Å². The van der Waals surface area contributed by atoms with Crippen molar-refractivity contribution in [1.29, 1.82) is 0 Å². The first-order valence-electron chi connectivity index (χ1n) is 8.49. The van der Waals surface area contributed by atoms with Crippen molar-refractivity contribution in [3.05, 3.63) is 96.1 Å². The van der Waals surface area contributed by atoms with Crippen molar-refractivity contribution < 1.29 is 5.11 Å². The van der Waals surface area contributed by atoms with E-state index in [0.717, 1.165) is 23.4 Å². The highest BCUT2D eigenvalue weighted by atomic mass is 16.3. The summed E-state index contributed by atoms with van der Waals surface area (Å²) >= 11 is 0. The molecule has 3 heteroatoms. The minimum atomic E-state index is 0.267. The molecule has 0 atom stereocenters. The molecular weight excluding hydrogens is 308 g/mol. The average molecular weight is 330 g/mol. The van der Waals surface area contributed by atoms with Gasteiger partial charge in [-0.25, -0.2) is 0 Å². The van der Waals surface area contributed by atoms with Gasteiger partial charge >= 0.3 is 0 Å². The van der Waals surface area contributed by atoms with Crippen LogP contribution < -0.4 is 5.01 Å². The second-order valence-corrected chi connectivity index (χ2v) is 5.83. The van der Waals surface area contributed by atoms with E-state index in [9.17, 15) is 5.11 Å². The summed E-state index contributed by atoms with van der Waals surface area (Å²) in [5, 5.41) is 16.5. The smallest absolute Gasteiger partial charge is 0.115 e. The maximum Gasteiger partial charge on any atom is 0.115 e. The molecule has 126 valence electrons. The maximum atomic E-state index is 9.52. The first-order chi connectivity index (χ1) is 12.3. The molecule has 3 rings (SSSR count). The molecule has 0 fully saturated rings. The molecule has 25 heavy (non-hydrogen) atoms. The third-order valence-corrected chi connectivity index (χ3v) is 4.01. The van der Waals surface area contributed by atoms with Crippen molar-refractivity contribution in [3.8, 4) is 5.75 Å². The molecule has 0 heterocycles. The third-order valence-electron chi connectivity index (χ3n) is 4.01. The Morgan fingerprint density at radius 1 is 0.840 bits per heavy atom. The van der Waals surface area contributed by atoms with Gasteiger partial charge in [0.15, 0.2) is 0 Å². The van der Waals surface area contributed by atoms with E-state index < -0.39 is 0 Å². The van der Waals surface area contributed by atoms with Gasteiger partial charge < -0.3 is 5.11 Å². The van der Waals surface area contributed by atoms with E-state index >= 15 is 0 Å². The van der Waals surface area contributed by atoms with Gasteiger partial charge in [-0.15, -0.1) is 0 Å². The Kier molecular flexibility index (Phi) is 5.47. The summed E-state index contributed by atoms with van der Waals surface area (Å²) in [6, 6.07) is 27.7. The highest BCUT2D eigenvalue weighted by Gasteiger charge is 2.09. The Labute approximate surface area is 148 Å². The van der Waals surface area contributed by atoms with E-state index in [2.05, 4.69) is 31.2 Å². The number of hydrazone groups is 1. The number of hydrogen-bond donors (Lipinski definition) is 1. The molecule has 0 saturated carbocycles. The summed E-state index contributed by atoms with van der Waals surface area (Å²) in [5.41, 5.74) is 4.27. The third kappa shape index (κ3) is 4.48. The van der Waals surface area contributed by atoms with Gasteiger partial charge in [0.2, 0.25) is 0 Å². The van der Waals surface area contributed by atoms with Gasteiger partial charge in [0.1, 0.15) is 5.75 Å². The molecule has 0 aliphatic carbocycles. The van der Waals surface area contributed by atoms with E-state index in [1.165, 1.54) is 5.56 Å². The molecular formula is C22H22N2O. The molecule has 3 nitrogen and oxygen atoms in total. The lowest BCUT2D eigenvalue weighted by molar-refractivity contribution is 0.475. The van der Waals surface area contributed by atoms with Crippen LogP contribution in [-0.4, -0.2) is 10.8 Å². The fraction of sp³-hybridized carbons (Fsp3) is 0.136. The second-order valence-electron chi connectivity index (χ2n) is 5.83. The Morgan fingerprint density at radius 2 is 1.44 bits per heavy atom. The van der Waals surface area contributed by atoms with E-state index in [0.29, 0.717) is 6.54 Å². The Hall–Kier alpha value is -3.07. The van der Waals surface area contributed by atoms with Gasteiger partial charge in [-0.05, 0) is 53.9 Å². The van der Waals surface area contributed by atoms with Crippen LogP contribution in [0.5, 0.6) is 5.75 Å². The topological polar surface area (TPSA) is 35.8 Å². The number of phenolic OH excluding ortho intramolecular Hbond substituents is 1. The van der Waals surface area contributed by atoms with Gasteiger partial charge in [-0.1, -0.05) is 55.5 Å². The lowest BCUT2D eigenvalue weighted by Crippen LogP contribution is -2.19. The molecule has 1 N–H and O–H groups in total. The number of anilines is 1. The minimum Gasteiger partial charge on any atom is -0.508 e. The zero-order chi connectivity index (χ0) is 17.5. The Balaban J connectivity index is 1.96. The number of para-hydroxylation sites is 1. The first-order valence-corrected chi connectivity index (χ1v) is 8.49. The standard InChI is InChI=1S/C22H22N2O/c1-2-22(19-13-15-21(25)16-14-19)23-24(20-11-7-4-8-12-20)17-18-9-5-3-6-10-18/h3-16,25H,2,17H2,1H3. The molecule has 3 aromatic carbocycles. The van der Waals surface area contributed by atoms with Gasteiger partial charge in [0.25, 0.3) is 0 Å². The van der Waals surface area contributed by atoms with Crippen molar-refractivity contribution >= 4 is 11.4 Å². The normalized spacial score (nSPS) is 11.3. The molecule has 0 aliphatic heterocycles. The summed E-state index contributed by atoms with van der Waals surface area (Å²) in [5.74, 6) is 0.267. The van der Waals surface area contributed by atoms with E-state index in [1.807, 2.05) is 53.5 Å². The highest BCUT2D eigenvalue weighted by molar-refractivity contribution is 6.01. The van der Waals surface area contributed by atoms with Crippen molar-refractivity contribution in [1.82, 2.24) is 0 Å². The summed E-state index contributed by atoms with van der Waals surface area (Å²) in [6.45, 7) is 2.80. The van der Waals surface area contributed by atoms with Crippen molar-refractivity contribution in [3.63, 3.8) is 0 Å². The largest absolute Gasteiger partial charge is 0.508 e. The van der Waals surface area contributed by atoms with Gasteiger partial charge in [0, 0.05) is 0 Å². The first kappa shape index (κ1) is 16.8. The molecule has 0 radical (unpaired) electrons. The Morgan fingerprint density at radius 3 is 2.04 bits per heavy atom. The van der Waals surface area contributed by atoms with Crippen molar-refractivity contribution in [2.24, 2.45) is 5.10 Å². The van der Waals surface area contributed by atoms with Gasteiger partial charge in [-0.2, -0.15) is 5.10 Å². The predicted molar refractivity (Wildman–Crippen MR) is 104 cm³/mol. The molecule has 0 spiro atoms. The van der Waals surface area contributed by atoms with Crippen LogP contribution in [0.1, 0.15) is 24.5 Å². The average Bonchev–Trinajstić information content (AvgIpc) is 2.67. The molecule has 0 bridgehead atoms. The number of phenols is 1. The number of aromatic hydroxyl groups is 1. The van der Waals surface area contributed by atoms with Crippen LogP contribution in [0.2, 0.25) is 0 Å². The van der Waals surface area contributed by atoms with Crippen LogP contribution in [0.25, 0.3) is 0 Å². The molecule has 0 unspecified atom stereocenters. The number of rotatable bonds is 6. The molecule has 3 aromatic rings. The summed E-state index contributed by atoms with van der Waals surface area (Å²) in [7, 11) is 0. The summed E-state index contributed by atoms with van der Waals surface area (Å²) in [4.78, 5) is 0. The molecule has 0 amide bonds. The number of nitrogens with zero attached hydrogens (tertiary/aromatic N) is 2. The fourth-order valence-corrected chi connectivity index (χ4v) is 2.67. The zero-order valence-electron chi connectivity index (χ0n) is 14.3. The lowest BCUT2D eigenvalue weighted by atomic mass is 10.1. The SMILES string of the molecule is CCC(=NN(Cc1ccccc1)c1ccccc1)c1ccc(O)cc1. The minimum absolute atomic E-state index is 0.267. The lowest BCUT2D eigenvalue weighted by Gasteiger charge is -2.21. The van der Waals surface area contributed by atoms with Gasteiger partial charge in [0.05, 0.1) is 17.9 Å². The van der Waals surface area contributed by atoms with Crippen LogP contribution in [0.3, 0.4) is 0 Å².